The monoisotopic (exact) mass is 144 g/mol. The summed E-state index contributed by atoms with van der Waals surface area (Å²) in [5.74, 6) is 0.205. The molecule has 3 nitrogen and oxygen atoms in total. The molecule has 60 valence electrons. The molecule has 0 aromatic heterocycles. The van der Waals surface area contributed by atoms with Crippen LogP contribution in [0, 0.1) is 5.41 Å². The van der Waals surface area contributed by atoms with Crippen LogP contribution in [0.2, 0.25) is 0 Å². The first-order chi connectivity index (χ1) is 4.77. The lowest BCUT2D eigenvalue weighted by atomic mass is 10.3. The Morgan fingerprint density at radius 3 is 2.70 bits per heavy atom. The van der Waals surface area contributed by atoms with Gasteiger partial charge >= 0.3 is 0 Å². The highest BCUT2D eigenvalue weighted by Gasteiger charge is 1.89. The molecule has 0 aromatic rings. The maximum absolute atomic E-state index is 6.87. The Hall–Kier alpha value is -0.570. The Morgan fingerprint density at radius 1 is 1.50 bits per heavy atom. The molecule has 10 heavy (non-hydrogen) atoms. The van der Waals surface area contributed by atoms with Gasteiger partial charge in [0.1, 0.15) is 0 Å². The van der Waals surface area contributed by atoms with Crippen molar-refractivity contribution in [3.05, 3.63) is 0 Å². The van der Waals surface area contributed by atoms with Crippen molar-refractivity contribution in [2.75, 3.05) is 13.2 Å². The largest absolute Gasteiger partial charge is 0.388 e. The molecule has 0 radical (unpaired) electrons. The van der Waals surface area contributed by atoms with Crippen LogP contribution in [0.5, 0.6) is 0 Å². The first kappa shape index (κ1) is 9.43. The van der Waals surface area contributed by atoms with Gasteiger partial charge in [-0.2, -0.15) is 0 Å². The Morgan fingerprint density at radius 2 is 2.20 bits per heavy atom. The summed E-state index contributed by atoms with van der Waals surface area (Å²) in [6, 6.07) is 0. The SMILES string of the molecule is CCCCOCCC(=N)N. The van der Waals surface area contributed by atoms with Crippen LogP contribution in [-0.2, 0) is 4.74 Å². The normalized spacial score (nSPS) is 9.70. The summed E-state index contributed by atoms with van der Waals surface area (Å²) < 4.78 is 5.16. The molecule has 0 spiro atoms. The number of amidine groups is 1. The van der Waals surface area contributed by atoms with Gasteiger partial charge in [0, 0.05) is 13.0 Å². The fourth-order valence-electron chi connectivity index (χ4n) is 0.531. The average Bonchev–Trinajstić information content (AvgIpc) is 1.87. The van der Waals surface area contributed by atoms with Crippen molar-refractivity contribution in [2.24, 2.45) is 5.73 Å². The second-order valence-corrected chi connectivity index (χ2v) is 2.24. The molecule has 0 saturated heterocycles. The Bertz CT molecular complexity index is 93.6. The van der Waals surface area contributed by atoms with E-state index in [0.717, 1.165) is 19.4 Å². The van der Waals surface area contributed by atoms with Crippen LogP contribution in [0.25, 0.3) is 0 Å². The standard InChI is InChI=1S/C7H16N2O/c1-2-3-5-10-6-4-7(8)9/h2-6H2,1H3,(H3,8,9). The predicted octanol–water partition coefficient (Wildman–Crippen LogP) is 1.13. The zero-order valence-electron chi connectivity index (χ0n) is 6.52. The molecule has 0 heterocycles. The molecule has 0 unspecified atom stereocenters. The quantitative estimate of drug-likeness (QED) is 0.333. The van der Waals surface area contributed by atoms with Crippen LogP contribution in [0.15, 0.2) is 0 Å². The summed E-state index contributed by atoms with van der Waals surface area (Å²) in [6.07, 6.45) is 2.81. The van der Waals surface area contributed by atoms with Crippen LogP contribution in [0.1, 0.15) is 26.2 Å². The lowest BCUT2D eigenvalue weighted by molar-refractivity contribution is 0.138. The fourth-order valence-corrected chi connectivity index (χ4v) is 0.531. The second-order valence-electron chi connectivity index (χ2n) is 2.24. The number of rotatable bonds is 6. The smallest absolute Gasteiger partial charge is 0.0928 e. The Kier molecular flexibility index (Phi) is 6.18. The van der Waals surface area contributed by atoms with Crippen molar-refractivity contribution in [1.82, 2.24) is 0 Å². The van der Waals surface area contributed by atoms with Crippen molar-refractivity contribution in [1.29, 1.82) is 5.41 Å². The molecule has 0 rings (SSSR count). The van der Waals surface area contributed by atoms with Crippen LogP contribution >= 0.6 is 0 Å². The van der Waals surface area contributed by atoms with Crippen molar-refractivity contribution >= 4 is 5.84 Å². The minimum absolute atomic E-state index is 0.205. The van der Waals surface area contributed by atoms with Gasteiger partial charge in [-0.15, -0.1) is 0 Å². The molecule has 0 amide bonds. The van der Waals surface area contributed by atoms with E-state index in [1.165, 1.54) is 0 Å². The summed E-state index contributed by atoms with van der Waals surface area (Å²) >= 11 is 0. The molecule has 0 aromatic carbocycles. The number of ether oxygens (including phenoxy) is 1. The topological polar surface area (TPSA) is 59.1 Å². The lowest BCUT2D eigenvalue weighted by Gasteiger charge is -2.00. The van der Waals surface area contributed by atoms with Crippen molar-refractivity contribution in [3.8, 4) is 0 Å². The minimum Gasteiger partial charge on any atom is -0.388 e. The summed E-state index contributed by atoms with van der Waals surface area (Å²) in [5.41, 5.74) is 5.11. The van der Waals surface area contributed by atoms with E-state index >= 15 is 0 Å². The van der Waals surface area contributed by atoms with Gasteiger partial charge in [0.2, 0.25) is 0 Å². The Balaban J connectivity index is 2.84. The molecule has 0 bridgehead atoms. The summed E-state index contributed by atoms with van der Waals surface area (Å²) in [6.45, 7) is 3.51. The van der Waals surface area contributed by atoms with Gasteiger partial charge < -0.3 is 10.5 Å². The lowest BCUT2D eigenvalue weighted by Crippen LogP contribution is -2.12. The number of hydrogen-bond acceptors (Lipinski definition) is 2. The van der Waals surface area contributed by atoms with E-state index in [1.54, 1.807) is 0 Å². The molecule has 0 fully saturated rings. The highest BCUT2D eigenvalue weighted by Crippen LogP contribution is 1.88. The molecule has 0 saturated carbocycles. The highest BCUT2D eigenvalue weighted by molar-refractivity contribution is 5.76. The molecule has 0 aliphatic rings. The van der Waals surface area contributed by atoms with Gasteiger partial charge in [0.25, 0.3) is 0 Å². The Labute approximate surface area is 62.1 Å². The van der Waals surface area contributed by atoms with Crippen LogP contribution in [-0.4, -0.2) is 19.0 Å². The maximum atomic E-state index is 6.87. The van der Waals surface area contributed by atoms with E-state index in [-0.39, 0.29) is 5.84 Å². The average molecular weight is 144 g/mol. The van der Waals surface area contributed by atoms with Crippen molar-refractivity contribution in [2.45, 2.75) is 26.2 Å². The minimum atomic E-state index is 0.205. The molecule has 0 aliphatic heterocycles. The number of nitrogens with one attached hydrogen (secondary N) is 1. The summed E-state index contributed by atoms with van der Waals surface area (Å²) in [7, 11) is 0. The predicted molar refractivity (Wildman–Crippen MR) is 42.3 cm³/mol. The molecule has 0 aliphatic carbocycles. The first-order valence-electron chi connectivity index (χ1n) is 3.68. The van der Waals surface area contributed by atoms with E-state index in [0.29, 0.717) is 13.0 Å². The van der Waals surface area contributed by atoms with Crippen molar-refractivity contribution in [3.63, 3.8) is 0 Å². The fraction of sp³-hybridized carbons (Fsp3) is 0.857. The third-order valence-corrected chi connectivity index (χ3v) is 1.16. The van der Waals surface area contributed by atoms with E-state index < -0.39 is 0 Å². The van der Waals surface area contributed by atoms with Gasteiger partial charge in [0.05, 0.1) is 12.4 Å². The molecule has 3 heteroatoms. The van der Waals surface area contributed by atoms with E-state index in [9.17, 15) is 0 Å². The third-order valence-electron chi connectivity index (χ3n) is 1.16. The maximum Gasteiger partial charge on any atom is 0.0928 e. The van der Waals surface area contributed by atoms with E-state index in [4.69, 9.17) is 15.9 Å². The molecular formula is C7H16N2O. The van der Waals surface area contributed by atoms with Gasteiger partial charge in [-0.3, -0.25) is 5.41 Å². The number of unbranched alkanes of at least 4 members (excludes halogenated alkanes) is 1. The van der Waals surface area contributed by atoms with Gasteiger partial charge in [-0.05, 0) is 6.42 Å². The second kappa shape index (κ2) is 6.55. The summed E-state index contributed by atoms with van der Waals surface area (Å²) in [5, 5.41) is 6.87. The number of nitrogens with two attached hydrogens (primary N) is 1. The molecule has 0 atom stereocenters. The number of hydrogen-bond donors (Lipinski definition) is 2. The zero-order chi connectivity index (χ0) is 7.82. The summed E-state index contributed by atoms with van der Waals surface area (Å²) in [4.78, 5) is 0. The zero-order valence-corrected chi connectivity index (χ0v) is 6.52. The molecule has 3 N–H and O–H groups in total. The van der Waals surface area contributed by atoms with Gasteiger partial charge in [0.15, 0.2) is 0 Å². The van der Waals surface area contributed by atoms with Gasteiger partial charge in [-0.25, -0.2) is 0 Å². The molecular weight excluding hydrogens is 128 g/mol. The third kappa shape index (κ3) is 7.43. The van der Waals surface area contributed by atoms with Crippen molar-refractivity contribution < 1.29 is 4.74 Å². The van der Waals surface area contributed by atoms with E-state index in [2.05, 4.69) is 6.92 Å². The first-order valence-corrected chi connectivity index (χ1v) is 3.68. The van der Waals surface area contributed by atoms with Gasteiger partial charge in [-0.1, -0.05) is 13.3 Å². The van der Waals surface area contributed by atoms with Crippen LogP contribution in [0.3, 0.4) is 0 Å². The van der Waals surface area contributed by atoms with Crippen LogP contribution in [0.4, 0.5) is 0 Å². The van der Waals surface area contributed by atoms with Crippen LogP contribution < -0.4 is 5.73 Å². The highest BCUT2D eigenvalue weighted by atomic mass is 16.5. The van der Waals surface area contributed by atoms with E-state index in [1.807, 2.05) is 0 Å².